The van der Waals surface area contributed by atoms with E-state index in [-0.39, 0.29) is 68.0 Å². The number of hydrogen-bond donors (Lipinski definition) is 2. The number of amides is 1. The Kier molecular flexibility index (Phi) is 7.72. The van der Waals surface area contributed by atoms with Crippen LogP contribution in [-0.2, 0) is 28.0 Å². The Labute approximate surface area is 183 Å². The van der Waals surface area contributed by atoms with E-state index >= 15 is 0 Å². The zero-order chi connectivity index (χ0) is 15.8. The number of anilines is 2. The van der Waals surface area contributed by atoms with E-state index in [1.165, 1.54) is 0 Å². The summed E-state index contributed by atoms with van der Waals surface area (Å²) in [6, 6.07) is 10.5. The van der Waals surface area contributed by atoms with E-state index in [1.54, 1.807) is 4.90 Å². The Morgan fingerprint density at radius 1 is 1.32 bits per heavy atom. The van der Waals surface area contributed by atoms with Crippen LogP contribution in [0.5, 0.6) is 0 Å². The number of ether oxygens (including phenoxy) is 2. The molecule has 3 atom stereocenters. The number of benzene rings is 1. The van der Waals surface area contributed by atoms with Gasteiger partial charge in [0, 0.05) is 82.4 Å². The van der Waals surface area contributed by atoms with E-state index in [9.17, 15) is 4.79 Å². The van der Waals surface area contributed by atoms with Gasteiger partial charge in [-0.15, -0.1) is 0 Å². The maximum Gasteiger partial charge on any atom is 0.393 e. The van der Waals surface area contributed by atoms with Gasteiger partial charge >= 0.3 is 6.09 Å². The van der Waals surface area contributed by atoms with Crippen molar-refractivity contribution in [3.05, 3.63) is 24.3 Å². The molecule has 3 N–H and O–H groups in total. The van der Waals surface area contributed by atoms with Gasteiger partial charge in [-0.3, -0.25) is 12.1 Å². The molecule has 3 unspecified atom stereocenters. The Morgan fingerprint density at radius 3 is 2.76 bits per heavy atom. The van der Waals surface area contributed by atoms with Gasteiger partial charge in [0.05, 0.1) is 18.8 Å². The van der Waals surface area contributed by atoms with Gasteiger partial charge in [-0.2, -0.15) is 5.69 Å². The Bertz CT molecular complexity index is 591. The molecule has 1 amide bonds. The van der Waals surface area contributed by atoms with E-state index in [4.69, 9.17) is 15.2 Å². The monoisotopic (exact) mass is 605 g/mol. The fraction of sp³-hybridized carbons (Fsp3) is 0.562. The number of rotatable bonds is 3. The number of cyclic esters (lactones) is 1. The maximum atomic E-state index is 11.9. The number of nitrogens with one attached hydrogen (secondary N) is 1. The predicted molar refractivity (Wildman–Crippen MR) is 84.5 cm³/mol. The minimum atomic E-state index is -0.360. The zero-order valence-electron chi connectivity index (χ0n) is 13.8. The summed E-state index contributed by atoms with van der Waals surface area (Å²) in [4.78, 5) is 15.7. The zero-order valence-corrected chi connectivity index (χ0v) is 19.3. The largest absolute Gasteiger partial charge is 0.444 e. The van der Waals surface area contributed by atoms with Crippen LogP contribution in [-0.4, -0.2) is 63.7 Å². The van der Waals surface area contributed by atoms with Crippen molar-refractivity contribution >= 4 is 17.5 Å². The SMILES string of the molecule is NCC1CN(c2c[c-]c(N3CCOC4CNCC43)[c-]c2)C(=O)O1.[U].[V]. The van der Waals surface area contributed by atoms with E-state index in [2.05, 4.69) is 22.3 Å². The molecule has 4 rings (SSSR count). The topological polar surface area (TPSA) is 80.1 Å². The first-order chi connectivity index (χ1) is 11.3. The first kappa shape index (κ1) is 21.1. The summed E-state index contributed by atoms with van der Waals surface area (Å²) in [6.07, 6.45) is -0.378. The number of carbonyl (C=O) groups is 1. The fourth-order valence-corrected chi connectivity index (χ4v) is 3.41. The van der Waals surface area contributed by atoms with Crippen LogP contribution in [0.4, 0.5) is 16.2 Å². The van der Waals surface area contributed by atoms with Crippen LogP contribution in [0.1, 0.15) is 0 Å². The second kappa shape index (κ2) is 9.14. The van der Waals surface area contributed by atoms with Gasteiger partial charge in [-0.25, -0.2) is 10.5 Å². The van der Waals surface area contributed by atoms with Crippen molar-refractivity contribution < 1.29 is 63.9 Å². The van der Waals surface area contributed by atoms with Gasteiger partial charge < -0.3 is 42.5 Å². The standard InChI is InChI=1S/C16H20N4O3.U.V/c17-7-13-10-20(16(21)23-13)12-3-1-11(2-4-12)19-5-6-22-15-9-18-8-14(15)19;;/h3-4,13-15,18H,5-10,17H2;;/q-2;;. The van der Waals surface area contributed by atoms with E-state index in [0.29, 0.717) is 25.7 Å². The third-order valence-electron chi connectivity index (χ3n) is 4.64. The molecule has 9 heteroatoms. The van der Waals surface area contributed by atoms with Crippen molar-refractivity contribution in [3.8, 4) is 0 Å². The Hall–Kier alpha value is -0.194. The molecule has 0 bridgehead atoms. The number of carbonyl (C=O) groups excluding carboxylic acids is 1. The van der Waals surface area contributed by atoms with Crippen molar-refractivity contribution in [1.82, 2.24) is 5.32 Å². The van der Waals surface area contributed by atoms with Crippen LogP contribution < -0.4 is 20.9 Å². The van der Waals surface area contributed by atoms with Crippen LogP contribution in [0.3, 0.4) is 0 Å². The van der Waals surface area contributed by atoms with Crippen LogP contribution in [0.25, 0.3) is 0 Å². The second-order valence-electron chi connectivity index (χ2n) is 6.03. The number of nitrogens with zero attached hydrogens (tertiary/aromatic N) is 2. The van der Waals surface area contributed by atoms with Gasteiger partial charge in [0.15, 0.2) is 0 Å². The molecule has 1 radical (unpaired) electrons. The summed E-state index contributed by atoms with van der Waals surface area (Å²) in [5.74, 6) is 0. The molecule has 0 aromatic heterocycles. The predicted octanol–water partition coefficient (Wildman–Crippen LogP) is -0.255. The summed E-state index contributed by atoms with van der Waals surface area (Å²) >= 11 is 0. The van der Waals surface area contributed by atoms with Gasteiger partial charge in [-0.1, -0.05) is 0 Å². The van der Waals surface area contributed by atoms with Gasteiger partial charge in [0.1, 0.15) is 6.10 Å². The summed E-state index contributed by atoms with van der Waals surface area (Å²) < 4.78 is 11.0. The summed E-state index contributed by atoms with van der Waals surface area (Å²) in [6.45, 7) is 4.14. The first-order valence-corrected chi connectivity index (χ1v) is 7.97. The summed E-state index contributed by atoms with van der Waals surface area (Å²) in [7, 11) is 0. The van der Waals surface area contributed by atoms with Crippen molar-refractivity contribution in [2.24, 2.45) is 5.73 Å². The summed E-state index contributed by atoms with van der Waals surface area (Å²) in [5, 5.41) is 3.36. The number of nitrogens with two attached hydrogens (primary N) is 1. The molecule has 3 aliphatic heterocycles. The molecule has 7 nitrogen and oxygen atoms in total. The van der Waals surface area contributed by atoms with Gasteiger partial charge in [0.2, 0.25) is 0 Å². The average molecular weight is 605 g/mol. The molecule has 3 fully saturated rings. The van der Waals surface area contributed by atoms with E-state index in [1.807, 2.05) is 12.1 Å². The summed E-state index contributed by atoms with van der Waals surface area (Å²) in [5.41, 5.74) is 7.22. The molecule has 1 aromatic rings. The molecule has 0 aliphatic carbocycles. The number of hydrogen-bond acceptors (Lipinski definition) is 6. The average Bonchev–Trinajstić information content (AvgIpc) is 3.21. The van der Waals surface area contributed by atoms with Crippen molar-refractivity contribution in [1.29, 1.82) is 0 Å². The third kappa shape index (κ3) is 4.22. The second-order valence-corrected chi connectivity index (χ2v) is 6.03. The fourth-order valence-electron chi connectivity index (χ4n) is 3.41. The third-order valence-corrected chi connectivity index (χ3v) is 4.64. The molecule has 3 heterocycles. The Balaban J connectivity index is 0.00000113. The van der Waals surface area contributed by atoms with Crippen LogP contribution in [0.15, 0.2) is 12.1 Å². The first-order valence-electron chi connectivity index (χ1n) is 7.97. The van der Waals surface area contributed by atoms with Crippen LogP contribution >= 0.6 is 0 Å². The molecule has 25 heavy (non-hydrogen) atoms. The Morgan fingerprint density at radius 2 is 2.08 bits per heavy atom. The molecule has 1 aromatic carbocycles. The molecule has 0 saturated carbocycles. The van der Waals surface area contributed by atoms with Crippen molar-refractivity contribution in [2.45, 2.75) is 18.2 Å². The smallest absolute Gasteiger partial charge is 0.393 e. The van der Waals surface area contributed by atoms with Crippen molar-refractivity contribution in [2.75, 3.05) is 49.1 Å². The molecule has 133 valence electrons. The molecular formula is C16H20N4O3UV-2. The molecule has 3 saturated heterocycles. The van der Waals surface area contributed by atoms with Crippen LogP contribution in [0.2, 0.25) is 0 Å². The van der Waals surface area contributed by atoms with Gasteiger partial charge in [-0.05, 0) is 0 Å². The van der Waals surface area contributed by atoms with Crippen molar-refractivity contribution in [3.63, 3.8) is 0 Å². The molecular weight excluding hydrogens is 585 g/mol. The minimum absolute atomic E-state index is 0. The minimum Gasteiger partial charge on any atom is -0.444 e. The van der Waals surface area contributed by atoms with E-state index < -0.39 is 0 Å². The maximum absolute atomic E-state index is 11.9. The molecule has 0 spiro atoms. The number of morpholine rings is 1. The van der Waals surface area contributed by atoms with Gasteiger partial charge in [0.25, 0.3) is 0 Å². The quantitative estimate of drug-likeness (QED) is 0.463. The van der Waals surface area contributed by atoms with Crippen LogP contribution in [0, 0.1) is 43.2 Å². The van der Waals surface area contributed by atoms with E-state index in [0.717, 1.165) is 31.0 Å². The normalized spacial score (nSPS) is 28.0. The number of fused-ring (bicyclic) bond motifs is 1. The molecule has 3 aliphatic rings.